The molecule has 2 aliphatic carbocycles. The van der Waals surface area contributed by atoms with Crippen molar-refractivity contribution in [2.24, 2.45) is 5.92 Å². The standard InChI is InChI=1S/C11H27NSi3/c13-11(9-5-1-2-6-9)15-12(14)10-7-3-4-8-10/h9-11H,1-8,15H2,13-14H3. The van der Waals surface area contributed by atoms with Crippen LogP contribution in [0, 0.1) is 5.92 Å². The third kappa shape index (κ3) is 3.28. The van der Waals surface area contributed by atoms with Crippen LogP contribution in [0.2, 0.25) is 5.16 Å². The lowest BCUT2D eigenvalue weighted by Crippen LogP contribution is -2.38. The highest BCUT2D eigenvalue weighted by Gasteiger charge is 2.26. The second kappa shape index (κ2) is 5.80. The molecule has 1 nitrogen and oxygen atoms in total. The van der Waals surface area contributed by atoms with E-state index in [0.717, 1.165) is 6.04 Å². The number of rotatable bonds is 4. The van der Waals surface area contributed by atoms with Gasteiger partial charge in [-0.15, -0.1) is 0 Å². The Labute approximate surface area is 103 Å². The highest BCUT2D eigenvalue weighted by atomic mass is 28.3. The molecule has 1 atom stereocenters. The summed E-state index contributed by atoms with van der Waals surface area (Å²) in [7, 11) is 3.02. The average molecular weight is 258 g/mol. The van der Waals surface area contributed by atoms with Gasteiger partial charge in [-0.1, -0.05) is 38.5 Å². The summed E-state index contributed by atoms with van der Waals surface area (Å²) in [6.07, 6.45) is 12.4. The Bertz CT molecular complexity index is 168. The lowest BCUT2D eigenvalue weighted by atomic mass is 10.1. The minimum atomic E-state index is 0.158. The first-order chi connectivity index (χ1) is 7.27. The Morgan fingerprint density at radius 3 is 2.13 bits per heavy atom. The van der Waals surface area contributed by atoms with E-state index in [4.69, 9.17) is 0 Å². The third-order valence-electron chi connectivity index (χ3n) is 4.73. The van der Waals surface area contributed by atoms with E-state index in [1.807, 2.05) is 0 Å². The minimum Gasteiger partial charge on any atom is -0.355 e. The van der Waals surface area contributed by atoms with Gasteiger partial charge in [0.15, 0.2) is 0 Å². The van der Waals surface area contributed by atoms with Crippen molar-refractivity contribution in [1.82, 2.24) is 4.23 Å². The SMILES string of the molecule is [SiH3]C([SiH2]N([SiH3])C1CCCC1)C1CCCC1. The molecule has 88 valence electrons. The third-order valence-corrected chi connectivity index (χ3v) is 10.9. The highest BCUT2D eigenvalue weighted by molar-refractivity contribution is 6.53. The van der Waals surface area contributed by atoms with Crippen LogP contribution in [0.5, 0.6) is 0 Å². The molecule has 2 aliphatic rings. The van der Waals surface area contributed by atoms with Crippen LogP contribution in [-0.2, 0) is 0 Å². The maximum Gasteiger partial charge on any atom is 0.0870 e. The topological polar surface area (TPSA) is 3.24 Å². The van der Waals surface area contributed by atoms with Gasteiger partial charge in [-0.05, 0) is 30.0 Å². The van der Waals surface area contributed by atoms with Crippen molar-refractivity contribution in [3.05, 3.63) is 0 Å². The molecule has 0 aromatic heterocycles. The molecule has 1 unspecified atom stereocenters. The Balaban J connectivity index is 1.74. The van der Waals surface area contributed by atoms with Crippen LogP contribution < -0.4 is 0 Å². The lowest BCUT2D eigenvalue weighted by molar-refractivity contribution is 0.474. The smallest absolute Gasteiger partial charge is 0.0870 e. The van der Waals surface area contributed by atoms with Crippen molar-refractivity contribution >= 4 is 30.3 Å². The molecule has 2 saturated carbocycles. The maximum absolute atomic E-state index is 2.96. The predicted molar refractivity (Wildman–Crippen MR) is 78.2 cm³/mol. The quantitative estimate of drug-likeness (QED) is 0.636. The molecule has 0 heterocycles. The molecule has 0 spiro atoms. The van der Waals surface area contributed by atoms with Gasteiger partial charge in [0, 0.05) is 10.2 Å². The fourth-order valence-electron chi connectivity index (χ4n) is 3.62. The van der Waals surface area contributed by atoms with Crippen molar-refractivity contribution in [1.29, 1.82) is 0 Å². The van der Waals surface area contributed by atoms with E-state index in [0.29, 0.717) is 0 Å². The zero-order valence-electron chi connectivity index (χ0n) is 10.5. The largest absolute Gasteiger partial charge is 0.355 e. The van der Waals surface area contributed by atoms with Crippen LogP contribution in [0.1, 0.15) is 51.4 Å². The Kier molecular flexibility index (Phi) is 4.67. The summed E-state index contributed by atoms with van der Waals surface area (Å²) in [4.78, 5) is 0. The van der Waals surface area contributed by atoms with Gasteiger partial charge >= 0.3 is 0 Å². The first-order valence-electron chi connectivity index (χ1n) is 6.97. The van der Waals surface area contributed by atoms with Crippen molar-refractivity contribution in [3.8, 4) is 0 Å². The molecule has 0 saturated heterocycles. The fourth-order valence-corrected chi connectivity index (χ4v) is 12.8. The summed E-state index contributed by atoms with van der Waals surface area (Å²) in [5.41, 5.74) is 0. The summed E-state index contributed by atoms with van der Waals surface area (Å²) < 4.78 is 2.96. The van der Waals surface area contributed by atoms with Crippen LogP contribution in [0.15, 0.2) is 0 Å². The summed E-state index contributed by atoms with van der Waals surface area (Å²) in [5, 5.41) is 1.24. The lowest BCUT2D eigenvalue weighted by Gasteiger charge is -2.29. The van der Waals surface area contributed by atoms with Gasteiger partial charge < -0.3 is 4.23 Å². The van der Waals surface area contributed by atoms with Crippen LogP contribution in [0.3, 0.4) is 0 Å². The number of hydrogen-bond donors (Lipinski definition) is 0. The Morgan fingerprint density at radius 2 is 1.53 bits per heavy atom. The van der Waals surface area contributed by atoms with Crippen LogP contribution in [-0.4, -0.2) is 40.6 Å². The van der Waals surface area contributed by atoms with E-state index < -0.39 is 0 Å². The molecule has 0 aromatic rings. The van der Waals surface area contributed by atoms with Crippen LogP contribution >= 0.6 is 0 Å². The van der Waals surface area contributed by atoms with Crippen molar-refractivity contribution < 1.29 is 0 Å². The summed E-state index contributed by atoms with van der Waals surface area (Å²) in [6.45, 7) is 0. The van der Waals surface area contributed by atoms with Gasteiger partial charge in [0.1, 0.15) is 0 Å². The van der Waals surface area contributed by atoms with E-state index in [1.165, 1.54) is 57.4 Å². The Morgan fingerprint density at radius 1 is 1.00 bits per heavy atom. The van der Waals surface area contributed by atoms with Crippen LogP contribution in [0.25, 0.3) is 0 Å². The van der Waals surface area contributed by atoms with Crippen molar-refractivity contribution in [2.45, 2.75) is 62.6 Å². The summed E-state index contributed by atoms with van der Waals surface area (Å²) >= 11 is 0. The normalized spacial score (nSPS) is 27.8. The zero-order chi connectivity index (χ0) is 10.7. The van der Waals surface area contributed by atoms with Gasteiger partial charge in [-0.2, -0.15) is 0 Å². The Hall–Kier alpha value is 0.611. The first-order valence-corrected chi connectivity index (χ1v) is 10.5. The first kappa shape index (κ1) is 12.1. The number of nitrogens with zero attached hydrogens (tertiary/aromatic N) is 1. The number of hydrogen-bond acceptors (Lipinski definition) is 1. The van der Waals surface area contributed by atoms with Gasteiger partial charge in [0.05, 0.1) is 20.1 Å². The van der Waals surface area contributed by atoms with E-state index >= 15 is 0 Å². The highest BCUT2D eigenvalue weighted by Crippen LogP contribution is 2.33. The summed E-state index contributed by atoms with van der Waals surface area (Å²) in [6, 6.07) is 1.06. The van der Waals surface area contributed by atoms with E-state index in [2.05, 4.69) is 4.23 Å². The van der Waals surface area contributed by atoms with Crippen LogP contribution in [0.4, 0.5) is 0 Å². The molecule has 0 amide bonds. The van der Waals surface area contributed by atoms with Gasteiger partial charge in [-0.3, -0.25) is 0 Å². The molecule has 0 aromatic carbocycles. The molecular weight excluding hydrogens is 230 g/mol. The minimum absolute atomic E-state index is 0.158. The van der Waals surface area contributed by atoms with E-state index in [1.54, 1.807) is 25.7 Å². The van der Waals surface area contributed by atoms with Crippen molar-refractivity contribution in [3.63, 3.8) is 0 Å². The summed E-state index contributed by atoms with van der Waals surface area (Å²) in [5.74, 6) is 1.18. The molecule has 0 N–H and O–H groups in total. The molecule has 0 radical (unpaired) electrons. The fraction of sp³-hybridized carbons (Fsp3) is 1.00. The zero-order valence-corrected chi connectivity index (χ0v) is 16.0. The second-order valence-electron chi connectivity index (χ2n) is 5.90. The molecule has 2 fully saturated rings. The van der Waals surface area contributed by atoms with Gasteiger partial charge in [-0.25, -0.2) is 0 Å². The van der Waals surface area contributed by atoms with E-state index in [9.17, 15) is 0 Å². The maximum atomic E-state index is 2.96. The predicted octanol–water partition coefficient (Wildman–Crippen LogP) is -0.103. The average Bonchev–Trinajstić information content (AvgIpc) is 2.91. The molecule has 15 heavy (non-hydrogen) atoms. The molecular formula is C11H27NSi3. The molecule has 2 rings (SSSR count). The molecule has 4 heteroatoms. The molecule has 0 bridgehead atoms. The van der Waals surface area contributed by atoms with E-state index in [-0.39, 0.29) is 9.68 Å². The second-order valence-corrected chi connectivity index (χ2v) is 14.1. The molecule has 0 aliphatic heterocycles. The monoisotopic (exact) mass is 257 g/mol. The van der Waals surface area contributed by atoms with Gasteiger partial charge in [0.2, 0.25) is 0 Å². The van der Waals surface area contributed by atoms with Gasteiger partial charge in [0.25, 0.3) is 0 Å². The van der Waals surface area contributed by atoms with Crippen molar-refractivity contribution in [2.75, 3.05) is 0 Å².